The predicted molar refractivity (Wildman–Crippen MR) is 89.8 cm³/mol. The maximum atomic E-state index is 12.5. The Morgan fingerprint density at radius 3 is 2.85 bits per heavy atom. The standard InChI is InChI=1S/C16H16F2N6O3/c1-2-26-14-13(10-4-3-5-12(6-10)27-15(17)18)21-11(7-19-14)8-24-9-20-16(22-24)23-25/h3-7,9,15,25H,2,8H2,1H3,(H,22,23). The van der Waals surface area contributed by atoms with Gasteiger partial charge in [-0.3, -0.25) is 5.21 Å². The van der Waals surface area contributed by atoms with Crippen molar-refractivity contribution in [2.45, 2.75) is 20.1 Å². The molecule has 142 valence electrons. The van der Waals surface area contributed by atoms with Gasteiger partial charge in [0, 0.05) is 5.56 Å². The van der Waals surface area contributed by atoms with E-state index in [0.29, 0.717) is 23.6 Å². The van der Waals surface area contributed by atoms with Crippen molar-refractivity contribution in [3.63, 3.8) is 0 Å². The lowest BCUT2D eigenvalue weighted by molar-refractivity contribution is -0.0498. The van der Waals surface area contributed by atoms with Crippen LogP contribution in [0.1, 0.15) is 12.6 Å². The van der Waals surface area contributed by atoms with E-state index < -0.39 is 6.61 Å². The topological polar surface area (TPSA) is 107 Å². The van der Waals surface area contributed by atoms with E-state index in [9.17, 15) is 8.78 Å². The number of alkyl halides is 2. The minimum Gasteiger partial charge on any atom is -0.476 e. The van der Waals surface area contributed by atoms with E-state index >= 15 is 0 Å². The second-order valence-electron chi connectivity index (χ2n) is 5.23. The van der Waals surface area contributed by atoms with Crippen LogP contribution in [0.4, 0.5) is 14.7 Å². The Kier molecular flexibility index (Phi) is 5.71. The normalized spacial score (nSPS) is 10.9. The smallest absolute Gasteiger partial charge is 0.387 e. The van der Waals surface area contributed by atoms with Crippen molar-refractivity contribution >= 4 is 5.95 Å². The highest BCUT2D eigenvalue weighted by atomic mass is 19.3. The van der Waals surface area contributed by atoms with Gasteiger partial charge in [0.1, 0.15) is 17.8 Å². The molecule has 0 radical (unpaired) electrons. The molecule has 9 nitrogen and oxygen atoms in total. The van der Waals surface area contributed by atoms with Crippen LogP contribution >= 0.6 is 0 Å². The average molecular weight is 378 g/mol. The van der Waals surface area contributed by atoms with Crippen LogP contribution in [0.3, 0.4) is 0 Å². The van der Waals surface area contributed by atoms with Crippen molar-refractivity contribution in [3.05, 3.63) is 42.5 Å². The highest BCUT2D eigenvalue weighted by Gasteiger charge is 2.14. The Hall–Kier alpha value is -3.34. The van der Waals surface area contributed by atoms with Gasteiger partial charge in [-0.2, -0.15) is 13.8 Å². The van der Waals surface area contributed by atoms with Crippen LogP contribution < -0.4 is 15.0 Å². The molecule has 0 spiro atoms. The third-order valence-electron chi connectivity index (χ3n) is 3.36. The molecule has 3 rings (SSSR count). The zero-order chi connectivity index (χ0) is 19.2. The molecule has 0 atom stereocenters. The van der Waals surface area contributed by atoms with Crippen LogP contribution in [0.25, 0.3) is 11.3 Å². The van der Waals surface area contributed by atoms with Gasteiger partial charge < -0.3 is 9.47 Å². The lowest BCUT2D eigenvalue weighted by atomic mass is 10.1. The van der Waals surface area contributed by atoms with Crippen LogP contribution in [0.15, 0.2) is 36.8 Å². The summed E-state index contributed by atoms with van der Waals surface area (Å²) in [5, 5.41) is 12.8. The highest BCUT2D eigenvalue weighted by molar-refractivity contribution is 5.66. The number of nitrogens with one attached hydrogen (secondary N) is 1. The van der Waals surface area contributed by atoms with Crippen molar-refractivity contribution in [2.75, 3.05) is 12.1 Å². The maximum absolute atomic E-state index is 12.5. The number of hydrogen-bond acceptors (Lipinski definition) is 8. The quantitative estimate of drug-likeness (QED) is 0.576. The minimum absolute atomic E-state index is 0.00656. The van der Waals surface area contributed by atoms with Gasteiger partial charge in [-0.1, -0.05) is 12.1 Å². The lowest BCUT2D eigenvalue weighted by Gasteiger charge is -2.11. The first-order chi connectivity index (χ1) is 13.1. The molecule has 11 heteroatoms. The summed E-state index contributed by atoms with van der Waals surface area (Å²) in [6.45, 7) is -0.531. The number of anilines is 1. The third kappa shape index (κ3) is 4.64. The first-order valence-electron chi connectivity index (χ1n) is 7.92. The van der Waals surface area contributed by atoms with E-state index in [0.717, 1.165) is 0 Å². The monoisotopic (exact) mass is 378 g/mol. The molecule has 0 aliphatic rings. The predicted octanol–water partition coefficient (Wildman–Crippen LogP) is 2.58. The molecule has 0 saturated heterocycles. The molecule has 0 amide bonds. The van der Waals surface area contributed by atoms with Gasteiger partial charge in [-0.15, -0.1) is 5.10 Å². The summed E-state index contributed by atoms with van der Waals surface area (Å²) in [6.07, 6.45) is 2.93. The van der Waals surface area contributed by atoms with Crippen LogP contribution in [0.2, 0.25) is 0 Å². The Morgan fingerprint density at radius 2 is 2.15 bits per heavy atom. The second kappa shape index (κ2) is 8.36. The van der Waals surface area contributed by atoms with E-state index in [4.69, 9.17) is 9.94 Å². The molecular formula is C16H16F2N6O3. The molecule has 2 aromatic heterocycles. The number of hydrogen-bond donors (Lipinski definition) is 2. The minimum atomic E-state index is -2.93. The number of nitrogens with zero attached hydrogens (tertiary/aromatic N) is 5. The van der Waals surface area contributed by atoms with Crippen molar-refractivity contribution in [2.24, 2.45) is 0 Å². The highest BCUT2D eigenvalue weighted by Crippen LogP contribution is 2.29. The number of benzene rings is 1. The van der Waals surface area contributed by atoms with Crippen LogP contribution in [0, 0.1) is 0 Å². The summed E-state index contributed by atoms with van der Waals surface area (Å²) in [4.78, 5) is 12.6. The van der Waals surface area contributed by atoms with Gasteiger partial charge in [0.15, 0.2) is 0 Å². The fourth-order valence-electron chi connectivity index (χ4n) is 2.33. The van der Waals surface area contributed by atoms with E-state index in [1.165, 1.54) is 29.3 Å². The summed E-state index contributed by atoms with van der Waals surface area (Å²) < 4.78 is 36.3. The number of halogens is 2. The van der Waals surface area contributed by atoms with E-state index in [1.807, 2.05) is 5.48 Å². The first kappa shape index (κ1) is 18.5. The van der Waals surface area contributed by atoms with Gasteiger partial charge in [0.05, 0.1) is 25.0 Å². The zero-order valence-corrected chi connectivity index (χ0v) is 14.2. The number of rotatable bonds is 8. The molecule has 0 fully saturated rings. The molecule has 0 saturated carbocycles. The molecule has 27 heavy (non-hydrogen) atoms. The Bertz CT molecular complexity index is 905. The second-order valence-corrected chi connectivity index (χ2v) is 5.23. The molecular weight excluding hydrogens is 362 g/mol. The summed E-state index contributed by atoms with van der Waals surface area (Å²) in [5.74, 6) is 0.324. The van der Waals surface area contributed by atoms with E-state index in [2.05, 4.69) is 24.8 Å². The van der Waals surface area contributed by atoms with E-state index in [-0.39, 0.29) is 24.1 Å². The Balaban J connectivity index is 1.94. The summed E-state index contributed by atoms with van der Waals surface area (Å²) >= 11 is 0. The van der Waals surface area contributed by atoms with Crippen LogP contribution in [-0.4, -0.2) is 43.2 Å². The van der Waals surface area contributed by atoms with Gasteiger partial charge in [0.25, 0.3) is 5.95 Å². The Labute approximate surface area is 152 Å². The number of aromatic nitrogens is 5. The Morgan fingerprint density at radius 1 is 1.30 bits per heavy atom. The van der Waals surface area contributed by atoms with Crippen LogP contribution in [-0.2, 0) is 6.54 Å². The largest absolute Gasteiger partial charge is 0.476 e. The first-order valence-corrected chi connectivity index (χ1v) is 7.92. The number of ether oxygens (including phenoxy) is 2. The average Bonchev–Trinajstić information content (AvgIpc) is 3.10. The molecule has 0 aliphatic carbocycles. The fourth-order valence-corrected chi connectivity index (χ4v) is 2.33. The van der Waals surface area contributed by atoms with Gasteiger partial charge in [-0.05, 0) is 19.1 Å². The molecule has 0 aliphatic heterocycles. The van der Waals surface area contributed by atoms with Crippen molar-refractivity contribution in [1.82, 2.24) is 24.7 Å². The van der Waals surface area contributed by atoms with E-state index in [1.54, 1.807) is 19.1 Å². The lowest BCUT2D eigenvalue weighted by Crippen LogP contribution is -2.07. The zero-order valence-electron chi connectivity index (χ0n) is 14.2. The van der Waals surface area contributed by atoms with Gasteiger partial charge in [0.2, 0.25) is 5.88 Å². The maximum Gasteiger partial charge on any atom is 0.387 e. The summed E-state index contributed by atoms with van der Waals surface area (Å²) in [6, 6.07) is 6.13. The summed E-state index contributed by atoms with van der Waals surface area (Å²) in [7, 11) is 0. The van der Waals surface area contributed by atoms with Crippen LogP contribution in [0.5, 0.6) is 11.6 Å². The molecule has 0 unspecified atom stereocenters. The van der Waals surface area contributed by atoms with Crippen molar-refractivity contribution < 1.29 is 23.5 Å². The fraction of sp³-hybridized carbons (Fsp3) is 0.250. The van der Waals surface area contributed by atoms with Crippen molar-refractivity contribution in [3.8, 4) is 22.9 Å². The van der Waals surface area contributed by atoms with Crippen molar-refractivity contribution in [1.29, 1.82) is 0 Å². The van der Waals surface area contributed by atoms with Gasteiger partial charge in [-0.25, -0.2) is 20.1 Å². The molecule has 2 heterocycles. The summed E-state index contributed by atoms with van der Waals surface area (Å²) in [5.41, 5.74) is 3.27. The molecule has 2 N–H and O–H groups in total. The molecule has 1 aromatic carbocycles. The molecule has 3 aromatic rings. The molecule has 0 bridgehead atoms. The van der Waals surface area contributed by atoms with Gasteiger partial charge >= 0.3 is 6.61 Å². The SMILES string of the molecule is CCOc1ncc(Cn2cnc(NO)n2)nc1-c1cccc(OC(F)F)c1. The third-order valence-corrected chi connectivity index (χ3v) is 3.36.